The molecule has 3 nitrogen and oxygen atoms in total. The number of halogens is 3. The molecule has 0 radical (unpaired) electrons. The highest BCUT2D eigenvalue weighted by Gasteiger charge is 2.29. The first kappa shape index (κ1) is 12.4. The molecule has 1 aromatic rings. The highest BCUT2D eigenvalue weighted by atomic mass is 19.4. The molecule has 0 bridgehead atoms. The number of rotatable bonds is 2. The van der Waals surface area contributed by atoms with Gasteiger partial charge in [0.2, 0.25) is 0 Å². The van der Waals surface area contributed by atoms with Crippen molar-refractivity contribution in [2.24, 2.45) is 0 Å². The maximum Gasteiger partial charge on any atom is 0.509 e. The van der Waals surface area contributed by atoms with Crippen LogP contribution >= 0.6 is 0 Å². The summed E-state index contributed by atoms with van der Waals surface area (Å²) in [6.45, 7) is -3.93. The van der Waals surface area contributed by atoms with Gasteiger partial charge in [-0.3, -0.25) is 0 Å². The number of hydrogen-bond acceptors (Lipinski definition) is 3. The molecule has 0 saturated carbocycles. The number of hydrogen-bond donors (Lipinski definition) is 1. The predicted molar refractivity (Wildman–Crippen MR) is 55.6 cm³/mol. The third-order valence-corrected chi connectivity index (χ3v) is 2.26. The van der Waals surface area contributed by atoms with Gasteiger partial charge in [-0.2, -0.15) is 0 Å². The molecular formula is C9H10BF3NO2-. The molecule has 2 N–H and O–H groups in total. The van der Waals surface area contributed by atoms with Crippen LogP contribution in [0.15, 0.2) is 12.1 Å². The summed E-state index contributed by atoms with van der Waals surface area (Å²) < 4.78 is 42.2. The fourth-order valence-electron chi connectivity index (χ4n) is 1.34. The molecule has 0 spiro atoms. The first-order chi connectivity index (χ1) is 7.27. The molecule has 16 heavy (non-hydrogen) atoms. The van der Waals surface area contributed by atoms with E-state index < -0.39 is 18.4 Å². The monoisotopic (exact) mass is 232 g/mol. The van der Waals surface area contributed by atoms with Crippen LogP contribution in [0.3, 0.4) is 0 Å². The van der Waals surface area contributed by atoms with Gasteiger partial charge >= 0.3 is 12.9 Å². The Bertz CT molecular complexity index is 431. The van der Waals surface area contributed by atoms with Crippen molar-refractivity contribution in [1.29, 1.82) is 0 Å². The van der Waals surface area contributed by atoms with Crippen LogP contribution in [-0.4, -0.2) is 20.1 Å². The van der Waals surface area contributed by atoms with Crippen molar-refractivity contribution in [2.45, 2.75) is 6.92 Å². The van der Waals surface area contributed by atoms with E-state index in [-0.39, 0.29) is 16.8 Å². The average Bonchev–Trinajstić information content (AvgIpc) is 2.18. The Labute approximate surface area is 90.4 Å². The van der Waals surface area contributed by atoms with Crippen molar-refractivity contribution in [3.63, 3.8) is 0 Å². The molecule has 0 heterocycles. The summed E-state index contributed by atoms with van der Waals surface area (Å²) in [6, 6.07) is 1.93. The Morgan fingerprint density at radius 1 is 1.38 bits per heavy atom. The summed E-state index contributed by atoms with van der Waals surface area (Å²) in [5.74, 6) is -0.840. The van der Waals surface area contributed by atoms with Crippen molar-refractivity contribution >= 4 is 24.1 Å². The molecule has 0 aliphatic carbocycles. The van der Waals surface area contributed by atoms with Crippen LogP contribution in [0, 0.1) is 6.92 Å². The maximum atomic E-state index is 12.6. The number of benzene rings is 1. The molecule has 1 aromatic carbocycles. The second-order valence-corrected chi connectivity index (χ2v) is 3.35. The van der Waals surface area contributed by atoms with Crippen molar-refractivity contribution in [3.05, 3.63) is 23.3 Å². The number of esters is 1. The molecule has 88 valence electrons. The minimum absolute atomic E-state index is 0.0693. The van der Waals surface area contributed by atoms with Gasteiger partial charge in [0.05, 0.1) is 12.7 Å². The van der Waals surface area contributed by atoms with E-state index in [1.807, 2.05) is 0 Å². The van der Waals surface area contributed by atoms with Gasteiger partial charge in [-0.05, 0) is 13.0 Å². The van der Waals surface area contributed by atoms with Gasteiger partial charge in [-0.25, -0.2) is 4.79 Å². The number of carbonyl (C=O) groups excluding carboxylic acids is 1. The summed E-state index contributed by atoms with van der Waals surface area (Å²) >= 11 is 0. The molecule has 0 unspecified atom stereocenters. The van der Waals surface area contributed by atoms with Gasteiger partial charge in [0.25, 0.3) is 0 Å². The molecular weight excluding hydrogens is 222 g/mol. The number of methoxy groups -OCH3 is 1. The average molecular weight is 232 g/mol. The predicted octanol–water partition coefficient (Wildman–Crippen LogP) is 1.42. The summed E-state index contributed by atoms with van der Waals surface area (Å²) in [7, 11) is 1.09. The first-order valence-corrected chi connectivity index (χ1v) is 4.45. The van der Waals surface area contributed by atoms with Gasteiger partial charge in [0.1, 0.15) is 0 Å². The van der Waals surface area contributed by atoms with E-state index in [1.54, 1.807) is 0 Å². The standard InChI is InChI=1S/C9H10BF3NO2/c1-5-7(10(11,12)13)3-6(4-8(5)14)9(15)16-2/h3-4H,14H2,1-2H3/q-1. The van der Waals surface area contributed by atoms with Gasteiger partial charge in [0.15, 0.2) is 0 Å². The lowest BCUT2D eigenvalue weighted by molar-refractivity contribution is 0.0601. The van der Waals surface area contributed by atoms with E-state index in [0.717, 1.165) is 13.2 Å². The molecule has 0 atom stereocenters. The summed E-state index contributed by atoms with van der Waals surface area (Å²) in [6.07, 6.45) is 0. The van der Waals surface area contributed by atoms with Gasteiger partial charge in [-0.15, -0.1) is 5.46 Å². The molecule has 0 aromatic heterocycles. The Morgan fingerprint density at radius 2 is 1.94 bits per heavy atom. The Morgan fingerprint density at radius 3 is 2.38 bits per heavy atom. The second kappa shape index (κ2) is 4.07. The van der Waals surface area contributed by atoms with Crippen molar-refractivity contribution < 1.29 is 22.5 Å². The van der Waals surface area contributed by atoms with E-state index in [2.05, 4.69) is 4.74 Å². The Hall–Kier alpha value is -1.66. The number of nitrogens with two attached hydrogens (primary N) is 1. The zero-order chi connectivity index (χ0) is 12.5. The highest BCUT2D eigenvalue weighted by molar-refractivity contribution is 6.74. The van der Waals surface area contributed by atoms with E-state index in [9.17, 15) is 17.7 Å². The highest BCUT2D eigenvalue weighted by Crippen LogP contribution is 2.19. The van der Waals surface area contributed by atoms with Crippen LogP contribution in [0.2, 0.25) is 0 Å². The number of carbonyl (C=O) groups is 1. The van der Waals surface area contributed by atoms with Gasteiger partial charge in [0, 0.05) is 5.69 Å². The maximum absolute atomic E-state index is 12.6. The smallest absolute Gasteiger partial charge is 0.465 e. The fourth-order valence-corrected chi connectivity index (χ4v) is 1.34. The zero-order valence-electron chi connectivity index (χ0n) is 8.76. The summed E-state index contributed by atoms with van der Waals surface area (Å²) in [5, 5.41) is 0. The van der Waals surface area contributed by atoms with E-state index in [4.69, 9.17) is 5.73 Å². The van der Waals surface area contributed by atoms with Crippen LogP contribution in [0.1, 0.15) is 15.9 Å². The zero-order valence-corrected chi connectivity index (χ0v) is 8.76. The Balaban J connectivity index is 3.39. The summed E-state index contributed by atoms with van der Waals surface area (Å²) in [5.41, 5.74) is 4.22. The SMILES string of the molecule is COC(=O)c1cc(N)c(C)c([B-](F)(F)F)c1. The molecule has 7 heteroatoms. The first-order valence-electron chi connectivity index (χ1n) is 4.45. The van der Waals surface area contributed by atoms with Crippen molar-refractivity contribution in [3.8, 4) is 0 Å². The van der Waals surface area contributed by atoms with Gasteiger partial charge < -0.3 is 23.4 Å². The van der Waals surface area contributed by atoms with Crippen LogP contribution in [0.5, 0.6) is 0 Å². The van der Waals surface area contributed by atoms with E-state index >= 15 is 0 Å². The minimum Gasteiger partial charge on any atom is -0.465 e. The van der Waals surface area contributed by atoms with Crippen LogP contribution in [0.4, 0.5) is 18.6 Å². The van der Waals surface area contributed by atoms with Crippen LogP contribution < -0.4 is 11.2 Å². The molecule has 0 amide bonds. The molecule has 0 aliphatic heterocycles. The quantitative estimate of drug-likeness (QED) is 0.476. The fraction of sp³-hybridized carbons (Fsp3) is 0.222. The van der Waals surface area contributed by atoms with Crippen LogP contribution in [0.25, 0.3) is 0 Å². The minimum atomic E-state index is -5.19. The lowest BCUT2D eigenvalue weighted by Gasteiger charge is -2.20. The number of anilines is 1. The van der Waals surface area contributed by atoms with E-state index in [0.29, 0.717) is 0 Å². The molecule has 0 saturated heterocycles. The van der Waals surface area contributed by atoms with E-state index in [1.165, 1.54) is 13.0 Å². The normalized spacial score (nSPS) is 11.3. The van der Waals surface area contributed by atoms with Crippen molar-refractivity contribution in [2.75, 3.05) is 12.8 Å². The lowest BCUT2D eigenvalue weighted by atomic mass is 9.76. The molecule has 0 fully saturated rings. The van der Waals surface area contributed by atoms with Crippen molar-refractivity contribution in [1.82, 2.24) is 0 Å². The van der Waals surface area contributed by atoms with Gasteiger partial charge in [-0.1, -0.05) is 11.6 Å². The van der Waals surface area contributed by atoms with Crippen LogP contribution in [-0.2, 0) is 4.74 Å². The summed E-state index contributed by atoms with van der Waals surface area (Å²) in [4.78, 5) is 11.1. The number of ether oxygens (including phenoxy) is 1. The second-order valence-electron chi connectivity index (χ2n) is 3.35. The molecule has 0 aliphatic rings. The third kappa shape index (κ3) is 2.29. The molecule has 1 rings (SSSR count). The topological polar surface area (TPSA) is 52.3 Å². The largest absolute Gasteiger partial charge is 0.509 e. The Kier molecular flexibility index (Phi) is 3.16. The lowest BCUT2D eigenvalue weighted by Crippen LogP contribution is -2.37. The number of nitrogen functional groups attached to an aromatic ring is 1. The third-order valence-electron chi connectivity index (χ3n) is 2.26.